The van der Waals surface area contributed by atoms with Gasteiger partial charge in [-0.1, -0.05) is 11.6 Å². The second-order valence-corrected chi connectivity index (χ2v) is 3.27. The van der Waals surface area contributed by atoms with Gasteiger partial charge in [0.05, 0.1) is 11.2 Å². The third kappa shape index (κ3) is 1.76. The summed E-state index contributed by atoms with van der Waals surface area (Å²) in [4.78, 5) is 4.12. The topological polar surface area (TPSA) is 56.7 Å². The van der Waals surface area contributed by atoms with Crippen LogP contribution in [0.4, 0.5) is 0 Å². The molecular formula is C9H9ClN4. The standard InChI is InChI=1S/C9H9ClN4/c10-8-1-2-9(12-5-8)14-6-7(3-11)4-13-14/h1-2,4-6H,3,11H2. The van der Waals surface area contributed by atoms with Crippen LogP contribution in [0.25, 0.3) is 5.82 Å². The van der Waals surface area contributed by atoms with E-state index in [-0.39, 0.29) is 0 Å². The van der Waals surface area contributed by atoms with E-state index >= 15 is 0 Å². The SMILES string of the molecule is NCc1cnn(-c2ccc(Cl)cn2)c1. The summed E-state index contributed by atoms with van der Waals surface area (Å²) in [6.07, 6.45) is 5.15. The normalized spacial score (nSPS) is 10.4. The van der Waals surface area contributed by atoms with Crippen molar-refractivity contribution in [2.24, 2.45) is 5.73 Å². The largest absolute Gasteiger partial charge is 0.326 e. The number of hydrogen-bond acceptors (Lipinski definition) is 3. The van der Waals surface area contributed by atoms with Crippen LogP contribution in [0.15, 0.2) is 30.7 Å². The first-order valence-electron chi connectivity index (χ1n) is 4.15. The molecule has 72 valence electrons. The van der Waals surface area contributed by atoms with E-state index in [2.05, 4.69) is 10.1 Å². The maximum absolute atomic E-state index is 5.72. The molecule has 5 heteroatoms. The highest BCUT2D eigenvalue weighted by atomic mass is 35.5. The predicted molar refractivity (Wildman–Crippen MR) is 54.3 cm³/mol. The van der Waals surface area contributed by atoms with Crippen molar-refractivity contribution < 1.29 is 0 Å². The van der Waals surface area contributed by atoms with E-state index in [0.717, 1.165) is 11.4 Å². The van der Waals surface area contributed by atoms with E-state index in [1.807, 2.05) is 6.20 Å². The first kappa shape index (κ1) is 9.18. The van der Waals surface area contributed by atoms with Crippen LogP contribution >= 0.6 is 11.6 Å². The van der Waals surface area contributed by atoms with Crippen molar-refractivity contribution in [2.75, 3.05) is 0 Å². The minimum absolute atomic E-state index is 0.480. The molecule has 0 bridgehead atoms. The number of halogens is 1. The molecule has 0 aliphatic carbocycles. The van der Waals surface area contributed by atoms with Gasteiger partial charge in [-0.25, -0.2) is 9.67 Å². The number of pyridine rings is 1. The van der Waals surface area contributed by atoms with E-state index < -0.39 is 0 Å². The molecule has 0 saturated heterocycles. The Labute approximate surface area is 86.3 Å². The van der Waals surface area contributed by atoms with E-state index in [1.54, 1.807) is 29.2 Å². The molecule has 0 unspecified atom stereocenters. The summed E-state index contributed by atoms with van der Waals surface area (Å²) in [5.41, 5.74) is 6.44. The van der Waals surface area contributed by atoms with Crippen molar-refractivity contribution in [3.63, 3.8) is 0 Å². The fourth-order valence-corrected chi connectivity index (χ4v) is 1.21. The Balaban J connectivity index is 2.34. The number of rotatable bonds is 2. The Kier molecular flexibility index (Phi) is 2.47. The second kappa shape index (κ2) is 3.77. The highest BCUT2D eigenvalue weighted by Gasteiger charge is 2.00. The van der Waals surface area contributed by atoms with Crippen molar-refractivity contribution in [3.05, 3.63) is 41.3 Å². The number of nitrogens with two attached hydrogens (primary N) is 1. The smallest absolute Gasteiger partial charge is 0.153 e. The summed E-state index contributed by atoms with van der Waals surface area (Å²) < 4.78 is 1.67. The van der Waals surface area contributed by atoms with Crippen molar-refractivity contribution in [1.82, 2.24) is 14.8 Å². The number of aromatic nitrogens is 3. The van der Waals surface area contributed by atoms with Crippen molar-refractivity contribution >= 4 is 11.6 Å². The Bertz CT molecular complexity index is 421. The summed E-state index contributed by atoms with van der Waals surface area (Å²) in [5, 5.41) is 4.73. The molecule has 0 amide bonds. The molecule has 2 heterocycles. The molecule has 2 aromatic rings. The maximum Gasteiger partial charge on any atom is 0.153 e. The van der Waals surface area contributed by atoms with Crippen LogP contribution in [0.3, 0.4) is 0 Å². The summed E-state index contributed by atoms with van der Waals surface area (Å²) in [6.45, 7) is 0.480. The van der Waals surface area contributed by atoms with Gasteiger partial charge in [-0.3, -0.25) is 0 Å². The van der Waals surface area contributed by atoms with Crippen LogP contribution < -0.4 is 5.73 Å². The maximum atomic E-state index is 5.72. The van der Waals surface area contributed by atoms with E-state index in [9.17, 15) is 0 Å². The van der Waals surface area contributed by atoms with Crippen LogP contribution in [-0.2, 0) is 6.54 Å². The van der Waals surface area contributed by atoms with Gasteiger partial charge in [0.25, 0.3) is 0 Å². The Morgan fingerprint density at radius 1 is 1.36 bits per heavy atom. The van der Waals surface area contributed by atoms with E-state index in [4.69, 9.17) is 17.3 Å². The quantitative estimate of drug-likeness (QED) is 0.811. The van der Waals surface area contributed by atoms with Crippen molar-refractivity contribution in [1.29, 1.82) is 0 Å². The van der Waals surface area contributed by atoms with Crippen molar-refractivity contribution in [3.8, 4) is 5.82 Å². The summed E-state index contributed by atoms with van der Waals surface area (Å²) >= 11 is 5.72. The average Bonchev–Trinajstić information content (AvgIpc) is 2.67. The highest BCUT2D eigenvalue weighted by molar-refractivity contribution is 6.30. The minimum Gasteiger partial charge on any atom is -0.326 e. The van der Waals surface area contributed by atoms with Gasteiger partial charge in [0.15, 0.2) is 5.82 Å². The Morgan fingerprint density at radius 2 is 2.21 bits per heavy atom. The predicted octanol–water partition coefficient (Wildman–Crippen LogP) is 1.38. The monoisotopic (exact) mass is 208 g/mol. The van der Waals surface area contributed by atoms with Gasteiger partial charge in [-0.2, -0.15) is 5.10 Å². The molecule has 0 aliphatic heterocycles. The van der Waals surface area contributed by atoms with Crippen LogP contribution in [0.5, 0.6) is 0 Å². The molecule has 0 fully saturated rings. The molecule has 0 aromatic carbocycles. The average molecular weight is 209 g/mol. The molecule has 14 heavy (non-hydrogen) atoms. The zero-order chi connectivity index (χ0) is 9.97. The zero-order valence-electron chi connectivity index (χ0n) is 7.39. The lowest BCUT2D eigenvalue weighted by molar-refractivity contribution is 0.846. The first-order chi connectivity index (χ1) is 6.79. The van der Waals surface area contributed by atoms with E-state index in [0.29, 0.717) is 11.6 Å². The molecule has 0 aliphatic rings. The van der Waals surface area contributed by atoms with Gasteiger partial charge in [0, 0.05) is 24.5 Å². The minimum atomic E-state index is 0.480. The van der Waals surface area contributed by atoms with Crippen LogP contribution in [-0.4, -0.2) is 14.8 Å². The summed E-state index contributed by atoms with van der Waals surface area (Å²) in [5.74, 6) is 0.731. The molecule has 2 aromatic heterocycles. The third-order valence-electron chi connectivity index (χ3n) is 1.82. The van der Waals surface area contributed by atoms with Gasteiger partial charge in [-0.05, 0) is 12.1 Å². The molecule has 2 N–H and O–H groups in total. The number of hydrogen-bond donors (Lipinski definition) is 1. The lowest BCUT2D eigenvalue weighted by atomic mass is 10.4. The summed E-state index contributed by atoms with van der Waals surface area (Å²) in [7, 11) is 0. The van der Waals surface area contributed by atoms with E-state index in [1.165, 1.54) is 0 Å². The molecule has 0 radical (unpaired) electrons. The Morgan fingerprint density at radius 3 is 2.79 bits per heavy atom. The van der Waals surface area contributed by atoms with Crippen molar-refractivity contribution in [2.45, 2.75) is 6.54 Å². The molecule has 2 rings (SSSR count). The molecule has 0 atom stereocenters. The van der Waals surface area contributed by atoms with Gasteiger partial charge < -0.3 is 5.73 Å². The van der Waals surface area contributed by atoms with Crippen LogP contribution in [0.2, 0.25) is 5.02 Å². The molecular weight excluding hydrogens is 200 g/mol. The van der Waals surface area contributed by atoms with Gasteiger partial charge >= 0.3 is 0 Å². The molecule has 0 spiro atoms. The van der Waals surface area contributed by atoms with Crippen LogP contribution in [0.1, 0.15) is 5.56 Å². The lowest BCUT2D eigenvalue weighted by Gasteiger charge is -1.98. The molecule has 0 saturated carbocycles. The first-order valence-corrected chi connectivity index (χ1v) is 4.53. The van der Waals surface area contributed by atoms with Gasteiger partial charge in [-0.15, -0.1) is 0 Å². The van der Waals surface area contributed by atoms with Gasteiger partial charge in [0.2, 0.25) is 0 Å². The lowest BCUT2D eigenvalue weighted by Crippen LogP contribution is -1.97. The highest BCUT2D eigenvalue weighted by Crippen LogP contribution is 2.09. The van der Waals surface area contributed by atoms with Gasteiger partial charge in [0.1, 0.15) is 0 Å². The summed E-state index contributed by atoms with van der Waals surface area (Å²) in [6, 6.07) is 3.57. The fourth-order valence-electron chi connectivity index (χ4n) is 1.09. The van der Waals surface area contributed by atoms with Crippen LogP contribution in [0, 0.1) is 0 Å². The second-order valence-electron chi connectivity index (χ2n) is 2.83. The third-order valence-corrected chi connectivity index (χ3v) is 2.04. The zero-order valence-corrected chi connectivity index (χ0v) is 8.15. The molecule has 4 nitrogen and oxygen atoms in total. The Hall–Kier alpha value is -1.39. The number of nitrogens with zero attached hydrogens (tertiary/aromatic N) is 3. The fraction of sp³-hybridized carbons (Fsp3) is 0.111.